The largest absolute Gasteiger partial charge is 0.495 e. The van der Waals surface area contributed by atoms with E-state index in [1.165, 1.54) is 6.08 Å². The number of aliphatic hydroxyl groups is 2. The van der Waals surface area contributed by atoms with Crippen LogP contribution in [0.4, 0.5) is 89.4 Å². The summed E-state index contributed by atoms with van der Waals surface area (Å²) in [5, 5.41) is 33.2. The van der Waals surface area contributed by atoms with Crippen LogP contribution in [0.3, 0.4) is 0 Å². The van der Waals surface area contributed by atoms with Crippen molar-refractivity contribution in [1.29, 1.82) is 0 Å². The Kier molecular flexibility index (Phi) is 30.6. The Bertz CT molecular complexity index is 4000. The number of amides is 4. The molecule has 0 saturated carbocycles. The number of nitrogens with two attached hydrogens (primary N) is 1. The number of morpholine rings is 2. The van der Waals surface area contributed by atoms with Crippen LogP contribution >= 0.6 is 35.0 Å². The van der Waals surface area contributed by atoms with Gasteiger partial charge in [-0.1, -0.05) is 47.6 Å². The molecule has 0 bridgehead atoms. The fraction of sp³-hybridized carbons (Fsp3) is 0.514. The first-order valence-electron chi connectivity index (χ1n) is 35.5. The number of hydrogen-bond acceptors (Lipinski definition) is 18. The third kappa shape index (κ3) is 24.9. The molecule has 22 nitrogen and oxygen atoms in total. The van der Waals surface area contributed by atoms with E-state index in [4.69, 9.17) is 38.8 Å². The van der Waals surface area contributed by atoms with Crippen molar-refractivity contribution in [2.45, 2.75) is 143 Å². The number of ether oxygens (including phenoxy) is 2. The molecule has 12 rings (SSSR count). The molecule has 2 atom stereocenters. The number of aliphatic hydroxyl groups excluding tert-OH is 2. The number of carbonyl (C=O) groups excluding carboxylic acids is 2. The first-order valence-corrected chi connectivity index (χ1v) is 36.6. The van der Waals surface area contributed by atoms with Crippen LogP contribution in [-0.4, -0.2) is 214 Å². The van der Waals surface area contributed by atoms with E-state index >= 15 is 0 Å². The SMILES string of the molecule is C[C@@H](O)CNc1cc(I)cc(N2CCOCC2)n1.Cc1ccc(N)cc1B1OC(C)(C)C(C)(C)O1.Cc1ccc(NC(=O)N2CC=C(C(F)(F)F)C2)cc1-c1cc(NC[C@@H](C)O)nc(N2CCOCC2)c1.Cc1ccc(NC(=O)N2CC=C(C(F)(F)F)C2)cc1B1OC(C)(C)C(C)(C)O1.Cl.FC(F)(F)C1=CCNC1. The van der Waals surface area contributed by atoms with Gasteiger partial charge >= 0.3 is 44.8 Å². The van der Waals surface area contributed by atoms with Gasteiger partial charge in [0.2, 0.25) is 0 Å². The van der Waals surface area contributed by atoms with Crippen molar-refractivity contribution in [2.24, 2.45) is 0 Å². The van der Waals surface area contributed by atoms with Crippen molar-refractivity contribution >= 4 is 113 Å². The van der Waals surface area contributed by atoms with E-state index in [1.807, 2.05) is 97.0 Å². The maximum Gasteiger partial charge on any atom is 0.495 e. The van der Waals surface area contributed by atoms with E-state index in [0.717, 1.165) is 114 Å². The molecule has 0 spiro atoms. The third-order valence-corrected chi connectivity index (χ3v) is 20.0. The zero-order valence-corrected chi connectivity index (χ0v) is 66.4. The van der Waals surface area contributed by atoms with Gasteiger partial charge in [0.1, 0.15) is 23.3 Å². The lowest BCUT2D eigenvalue weighted by molar-refractivity contribution is -0.0938. The van der Waals surface area contributed by atoms with Gasteiger partial charge in [-0.15, -0.1) is 12.4 Å². The normalized spacial score (nSPS) is 19.0. The Morgan fingerprint density at radius 3 is 1.38 bits per heavy atom. The summed E-state index contributed by atoms with van der Waals surface area (Å²) in [6, 6.07) is 23.2. The highest BCUT2D eigenvalue weighted by atomic mass is 127. The predicted molar refractivity (Wildman–Crippen MR) is 420 cm³/mol. The Morgan fingerprint density at radius 1 is 0.569 bits per heavy atom. The number of nitrogen functional groups attached to an aromatic ring is 1. The number of urea groups is 2. The first kappa shape index (κ1) is 89.1. The third-order valence-electron chi connectivity index (χ3n) is 19.4. The molecule has 0 radical (unpaired) electrons. The average molecular weight is 1670 g/mol. The second-order valence-corrected chi connectivity index (χ2v) is 30.4. The molecule has 5 aromatic rings. The second-order valence-electron chi connectivity index (χ2n) is 29.1. The van der Waals surface area contributed by atoms with Crippen LogP contribution in [0, 0.1) is 24.3 Å². The van der Waals surface area contributed by atoms with E-state index in [1.54, 1.807) is 38.1 Å². The molecule has 7 aliphatic rings. The van der Waals surface area contributed by atoms with Crippen LogP contribution in [0.1, 0.15) is 85.9 Å². The molecule has 35 heteroatoms. The highest BCUT2D eigenvalue weighted by Gasteiger charge is 2.53. The minimum absolute atomic E-state index is 0. The van der Waals surface area contributed by atoms with Gasteiger partial charge in [0, 0.05) is 91.7 Å². The highest BCUT2D eigenvalue weighted by Crippen LogP contribution is 2.40. The average Bonchev–Trinajstić information content (AvgIpc) is 1.62. The van der Waals surface area contributed by atoms with E-state index in [9.17, 15) is 59.3 Å². The van der Waals surface area contributed by atoms with Crippen LogP contribution in [0.2, 0.25) is 0 Å². The summed E-state index contributed by atoms with van der Waals surface area (Å²) in [6.07, 6.45) is -10.7. The lowest BCUT2D eigenvalue weighted by Crippen LogP contribution is -2.41. The first-order chi connectivity index (χ1) is 50.4. The molecule has 4 saturated heterocycles. The quantitative estimate of drug-likeness (QED) is 0.0179. The summed E-state index contributed by atoms with van der Waals surface area (Å²) in [6.45, 7) is 31.3. The van der Waals surface area contributed by atoms with Gasteiger partial charge in [-0.25, -0.2) is 19.6 Å². The lowest BCUT2D eigenvalue weighted by Gasteiger charge is -2.32. The number of pyridine rings is 2. The molecule has 0 aliphatic carbocycles. The molecule has 0 unspecified atom stereocenters. The van der Waals surface area contributed by atoms with Gasteiger partial charge < -0.3 is 90.2 Å². The summed E-state index contributed by atoms with van der Waals surface area (Å²) in [4.78, 5) is 40.8. The number of nitrogens with zero attached hydrogens (tertiary/aromatic N) is 6. The summed E-state index contributed by atoms with van der Waals surface area (Å²) >= 11 is 2.28. The van der Waals surface area contributed by atoms with E-state index in [2.05, 4.69) is 97.7 Å². The van der Waals surface area contributed by atoms with Crippen molar-refractivity contribution < 1.29 is 87.4 Å². The van der Waals surface area contributed by atoms with E-state index in [-0.39, 0.29) is 56.5 Å². The Morgan fingerprint density at radius 2 is 0.972 bits per heavy atom. The van der Waals surface area contributed by atoms with Gasteiger partial charge in [-0.2, -0.15) is 39.5 Å². The smallest absolute Gasteiger partial charge is 0.399 e. The van der Waals surface area contributed by atoms with Gasteiger partial charge in [-0.3, -0.25) is 0 Å². The molecule has 9 N–H and O–H groups in total. The molecule has 4 amide bonds. The number of aromatic nitrogens is 2. The van der Waals surface area contributed by atoms with Gasteiger partial charge in [-0.05, 0) is 201 Å². The Labute approximate surface area is 651 Å². The van der Waals surface area contributed by atoms with E-state index in [0.29, 0.717) is 63.1 Å². The maximum atomic E-state index is 12.9. The number of alkyl halides is 9. The van der Waals surface area contributed by atoms with E-state index < -0.39 is 84.8 Å². The number of hydrogen-bond donors (Lipinski definition) is 8. The Hall–Kier alpha value is -7.12. The molecular weight excluding hydrogens is 1570 g/mol. The van der Waals surface area contributed by atoms with Crippen molar-refractivity contribution in [3.8, 4) is 11.1 Å². The highest BCUT2D eigenvalue weighted by molar-refractivity contribution is 14.1. The second kappa shape index (κ2) is 37.5. The van der Waals surface area contributed by atoms with Crippen LogP contribution in [0.5, 0.6) is 0 Å². The van der Waals surface area contributed by atoms with Gasteiger partial charge in [0.25, 0.3) is 0 Å². The zero-order chi connectivity index (χ0) is 79.5. The molecule has 7 aliphatic heterocycles. The summed E-state index contributed by atoms with van der Waals surface area (Å²) < 4.78 is 148. The zero-order valence-electron chi connectivity index (χ0n) is 63.5. The van der Waals surface area contributed by atoms with Gasteiger partial charge in [0.15, 0.2) is 0 Å². The standard InChI is InChI=1S/C25H30F3N5O3.C19H24BF3N2O3.C13H20BNO2.C12H18IN3O2.C5H6F3N.ClH/c1-16-3-4-20(30-24(35)33-6-5-19(15-33)25(26,27)28)13-21(16)18-11-22(29-14-17(2)34)31-23(12-18)32-7-9-36-10-8-32;1-12-6-7-14(10-15(12)20-27-17(2,3)18(4,5)28-20)24-16(26)25-9-8-13(11-25)19(21,22)23;1-9-6-7-10(15)8-11(9)14-16-12(2,3)13(4,5)17-14;1-9(17)8-14-11-6-10(13)7-12(15-11)16-2-4-18-5-3-16;6-5(7,8)4-1-2-9-3-4;/h3-5,11-13,17,34H,6-10,14-15H2,1-2H3,(H,29,31)(H,30,35);6-8,10H,9,11H2,1-5H3,(H,24,26);6-8H,15H2,1-5H3;6-7,9,17H,2-5,8H2,1H3,(H,14,15);1,9H,2-3H2;1H/t17-;;;9-;;/m1..1../s1. The number of rotatable bonds is 13. The van der Waals surface area contributed by atoms with Crippen molar-refractivity contribution in [2.75, 3.05) is 142 Å². The summed E-state index contributed by atoms with van der Waals surface area (Å²) in [5.41, 5.74) is 10.5. The van der Waals surface area contributed by atoms with Crippen LogP contribution in [0.15, 0.2) is 114 Å². The van der Waals surface area contributed by atoms with Crippen molar-refractivity contribution in [1.82, 2.24) is 25.1 Å². The molecule has 2 aromatic heterocycles. The van der Waals surface area contributed by atoms with Crippen LogP contribution < -0.4 is 53.0 Å². The lowest BCUT2D eigenvalue weighted by atomic mass is 9.76. The molecular formula is C74H99B2ClF9IN12O10. The number of anilines is 7. The number of carbonyl (C=O) groups is 2. The fourth-order valence-electron chi connectivity index (χ4n) is 11.5. The maximum absolute atomic E-state index is 12.9. The van der Waals surface area contributed by atoms with Gasteiger partial charge in [0.05, 0.1) is 85.3 Å². The summed E-state index contributed by atoms with van der Waals surface area (Å²) in [7, 11) is -0.921. The molecule has 109 heavy (non-hydrogen) atoms. The minimum Gasteiger partial charge on any atom is -0.399 e. The number of halogens is 11. The topological polar surface area (TPSA) is 255 Å². The van der Waals surface area contributed by atoms with Crippen LogP contribution in [0.25, 0.3) is 11.1 Å². The molecule has 4 fully saturated rings. The molecule has 9 heterocycles. The fourth-order valence-corrected chi connectivity index (χ4v) is 12.1. The molecule has 598 valence electrons. The number of aryl methyl sites for hydroxylation is 3. The van der Waals surface area contributed by atoms with Crippen molar-refractivity contribution in [3.63, 3.8) is 0 Å². The van der Waals surface area contributed by atoms with Crippen LogP contribution in [-0.2, 0) is 28.1 Å². The minimum atomic E-state index is -4.44. The molecule has 3 aromatic carbocycles. The number of nitrogens with one attached hydrogen (secondary N) is 5. The number of benzene rings is 3. The Balaban J connectivity index is 0.000000201. The predicted octanol–water partition coefficient (Wildman–Crippen LogP) is 12.3. The van der Waals surface area contributed by atoms with Crippen molar-refractivity contribution in [3.05, 3.63) is 134 Å². The summed E-state index contributed by atoms with van der Waals surface area (Å²) in [5.74, 6) is 3.15. The monoisotopic (exact) mass is 1670 g/mol.